The van der Waals surface area contributed by atoms with Crippen molar-refractivity contribution in [3.8, 4) is 0 Å². The van der Waals surface area contributed by atoms with Gasteiger partial charge in [0.2, 0.25) is 0 Å². The zero-order valence-electron chi connectivity index (χ0n) is 8.03. The van der Waals surface area contributed by atoms with Crippen LogP contribution in [0.2, 0.25) is 0 Å². The summed E-state index contributed by atoms with van der Waals surface area (Å²) in [6.07, 6.45) is 3.50. The molecule has 1 aliphatic carbocycles. The lowest BCUT2D eigenvalue weighted by molar-refractivity contribution is 0.0500. The SMILES string of the molecule is O=C(OC[C]1CCC1)c1ccccc1. The molecule has 0 aromatic heterocycles. The first-order chi connectivity index (χ1) is 6.86. The first-order valence-corrected chi connectivity index (χ1v) is 4.92. The van der Waals surface area contributed by atoms with Crippen molar-refractivity contribution in [2.75, 3.05) is 6.61 Å². The fraction of sp³-hybridized carbons (Fsp3) is 0.333. The van der Waals surface area contributed by atoms with E-state index in [0.29, 0.717) is 12.2 Å². The van der Waals surface area contributed by atoms with Crippen molar-refractivity contribution in [2.24, 2.45) is 0 Å². The molecule has 73 valence electrons. The molecule has 1 radical (unpaired) electrons. The number of hydrogen-bond donors (Lipinski definition) is 0. The maximum Gasteiger partial charge on any atom is 0.338 e. The molecule has 0 spiro atoms. The van der Waals surface area contributed by atoms with Crippen LogP contribution in [0.1, 0.15) is 29.6 Å². The highest BCUT2D eigenvalue weighted by Gasteiger charge is 2.20. The molecular weight excluding hydrogens is 176 g/mol. The van der Waals surface area contributed by atoms with Gasteiger partial charge >= 0.3 is 5.97 Å². The summed E-state index contributed by atoms with van der Waals surface area (Å²) >= 11 is 0. The third kappa shape index (κ3) is 2.13. The van der Waals surface area contributed by atoms with E-state index in [9.17, 15) is 4.79 Å². The van der Waals surface area contributed by atoms with Gasteiger partial charge in [0.1, 0.15) is 0 Å². The van der Waals surface area contributed by atoms with Crippen LogP contribution >= 0.6 is 0 Å². The Morgan fingerprint density at radius 2 is 1.93 bits per heavy atom. The summed E-state index contributed by atoms with van der Waals surface area (Å²) in [5, 5.41) is 0. The molecule has 1 aliphatic rings. The van der Waals surface area contributed by atoms with Crippen molar-refractivity contribution in [1.82, 2.24) is 0 Å². The molecule has 2 nitrogen and oxygen atoms in total. The highest BCUT2D eigenvalue weighted by molar-refractivity contribution is 5.89. The molecule has 1 saturated carbocycles. The molecule has 0 heterocycles. The summed E-state index contributed by atoms with van der Waals surface area (Å²) in [6, 6.07) is 9.11. The van der Waals surface area contributed by atoms with Crippen molar-refractivity contribution >= 4 is 5.97 Å². The Labute approximate surface area is 83.9 Å². The third-order valence-corrected chi connectivity index (χ3v) is 2.48. The summed E-state index contributed by atoms with van der Waals surface area (Å²) in [5.74, 6) is 1.14. The standard InChI is InChI=1S/C12H13O2/c13-12(11-7-2-1-3-8-11)14-9-10-5-4-6-10/h1-3,7-8H,4-6,9H2. The van der Waals surface area contributed by atoms with Crippen LogP contribution in [-0.2, 0) is 4.74 Å². The molecule has 0 atom stereocenters. The lowest BCUT2D eigenvalue weighted by Gasteiger charge is -2.23. The second kappa shape index (κ2) is 4.27. The highest BCUT2D eigenvalue weighted by atomic mass is 16.5. The molecule has 1 aromatic rings. The quantitative estimate of drug-likeness (QED) is 0.683. The smallest absolute Gasteiger partial charge is 0.338 e. The third-order valence-electron chi connectivity index (χ3n) is 2.48. The van der Waals surface area contributed by atoms with Crippen molar-refractivity contribution < 1.29 is 9.53 Å². The molecule has 0 N–H and O–H groups in total. The van der Waals surface area contributed by atoms with Crippen molar-refractivity contribution in [3.05, 3.63) is 41.8 Å². The second-order valence-electron chi connectivity index (χ2n) is 3.55. The molecule has 0 bridgehead atoms. The van der Waals surface area contributed by atoms with Crippen LogP contribution in [0.3, 0.4) is 0 Å². The van der Waals surface area contributed by atoms with E-state index in [2.05, 4.69) is 0 Å². The van der Waals surface area contributed by atoms with Gasteiger partial charge in [-0.2, -0.15) is 0 Å². The molecule has 0 aliphatic heterocycles. The molecule has 0 unspecified atom stereocenters. The highest BCUT2D eigenvalue weighted by Crippen LogP contribution is 2.28. The van der Waals surface area contributed by atoms with Gasteiger partial charge in [-0.1, -0.05) is 24.6 Å². The largest absolute Gasteiger partial charge is 0.461 e. The molecule has 2 rings (SSSR count). The molecule has 14 heavy (non-hydrogen) atoms. The predicted octanol–water partition coefficient (Wildman–Crippen LogP) is 2.60. The number of hydrogen-bond acceptors (Lipinski definition) is 2. The Balaban J connectivity index is 1.83. The van der Waals surface area contributed by atoms with Gasteiger partial charge in [0.25, 0.3) is 0 Å². The van der Waals surface area contributed by atoms with Crippen LogP contribution in [0.15, 0.2) is 30.3 Å². The lowest BCUT2D eigenvalue weighted by atomic mass is 9.86. The minimum Gasteiger partial charge on any atom is -0.461 e. The summed E-state index contributed by atoms with van der Waals surface area (Å²) in [5.41, 5.74) is 0.632. The van der Waals surface area contributed by atoms with Crippen molar-refractivity contribution in [1.29, 1.82) is 0 Å². The lowest BCUT2D eigenvalue weighted by Crippen LogP contribution is -2.18. The number of ether oxygens (including phenoxy) is 1. The minimum atomic E-state index is -0.218. The van der Waals surface area contributed by atoms with Gasteiger partial charge in [0.05, 0.1) is 12.2 Å². The van der Waals surface area contributed by atoms with Crippen LogP contribution in [0.4, 0.5) is 0 Å². The first kappa shape index (κ1) is 9.25. The van der Waals surface area contributed by atoms with Crippen molar-refractivity contribution in [2.45, 2.75) is 19.3 Å². The normalized spacial score (nSPS) is 16.0. The van der Waals surface area contributed by atoms with Gasteiger partial charge in [-0.25, -0.2) is 4.79 Å². The Kier molecular flexibility index (Phi) is 2.82. The molecule has 2 heteroatoms. The van der Waals surface area contributed by atoms with Gasteiger partial charge in [0.15, 0.2) is 0 Å². The van der Waals surface area contributed by atoms with E-state index in [-0.39, 0.29) is 5.97 Å². The summed E-state index contributed by atoms with van der Waals surface area (Å²) in [4.78, 5) is 11.5. The predicted molar refractivity (Wildman–Crippen MR) is 53.8 cm³/mol. The van der Waals surface area contributed by atoms with Gasteiger partial charge in [-0.15, -0.1) is 0 Å². The fourth-order valence-corrected chi connectivity index (χ4v) is 1.40. The molecule has 0 amide bonds. The van der Waals surface area contributed by atoms with E-state index in [1.807, 2.05) is 18.2 Å². The fourth-order valence-electron chi connectivity index (χ4n) is 1.40. The van der Waals surface area contributed by atoms with E-state index < -0.39 is 0 Å². The van der Waals surface area contributed by atoms with Crippen LogP contribution < -0.4 is 0 Å². The number of benzene rings is 1. The van der Waals surface area contributed by atoms with Crippen LogP contribution in [0.5, 0.6) is 0 Å². The zero-order valence-corrected chi connectivity index (χ0v) is 8.03. The summed E-state index contributed by atoms with van der Waals surface area (Å²) in [7, 11) is 0. The van der Waals surface area contributed by atoms with Crippen LogP contribution in [0, 0.1) is 5.92 Å². The van der Waals surface area contributed by atoms with Gasteiger partial charge in [-0.05, 0) is 25.0 Å². The number of carbonyl (C=O) groups is 1. The van der Waals surface area contributed by atoms with E-state index in [1.165, 1.54) is 12.3 Å². The molecule has 1 fully saturated rings. The zero-order chi connectivity index (χ0) is 9.80. The average Bonchev–Trinajstić information content (AvgIpc) is 2.16. The van der Waals surface area contributed by atoms with Crippen LogP contribution in [0.25, 0.3) is 0 Å². The number of rotatable bonds is 3. The monoisotopic (exact) mass is 189 g/mol. The molecular formula is C12H13O2. The topological polar surface area (TPSA) is 26.3 Å². The van der Waals surface area contributed by atoms with Crippen molar-refractivity contribution in [3.63, 3.8) is 0 Å². The number of carbonyl (C=O) groups excluding carboxylic acids is 1. The molecule has 1 aromatic carbocycles. The van der Waals surface area contributed by atoms with Gasteiger partial charge < -0.3 is 4.74 Å². The average molecular weight is 189 g/mol. The van der Waals surface area contributed by atoms with E-state index in [1.54, 1.807) is 12.1 Å². The number of esters is 1. The Bertz CT molecular complexity index is 301. The summed E-state index contributed by atoms with van der Waals surface area (Å²) < 4.78 is 5.16. The van der Waals surface area contributed by atoms with Gasteiger partial charge in [-0.3, -0.25) is 0 Å². The van der Waals surface area contributed by atoms with Gasteiger partial charge in [0, 0.05) is 5.92 Å². The Morgan fingerprint density at radius 1 is 1.21 bits per heavy atom. The maximum absolute atomic E-state index is 11.5. The maximum atomic E-state index is 11.5. The minimum absolute atomic E-state index is 0.218. The van der Waals surface area contributed by atoms with E-state index in [4.69, 9.17) is 4.74 Å². The van der Waals surface area contributed by atoms with E-state index in [0.717, 1.165) is 12.8 Å². The van der Waals surface area contributed by atoms with Crippen LogP contribution in [-0.4, -0.2) is 12.6 Å². The molecule has 0 saturated heterocycles. The van der Waals surface area contributed by atoms with E-state index >= 15 is 0 Å². The Hall–Kier alpha value is -1.31. The second-order valence-corrected chi connectivity index (χ2v) is 3.55. The Morgan fingerprint density at radius 3 is 2.50 bits per heavy atom. The first-order valence-electron chi connectivity index (χ1n) is 4.92. The summed E-state index contributed by atoms with van der Waals surface area (Å²) in [6.45, 7) is 0.508.